The Morgan fingerprint density at radius 2 is 0.433 bits per heavy atom. The van der Waals surface area contributed by atoms with Crippen molar-refractivity contribution in [3.8, 4) is 56.1 Å². The van der Waals surface area contributed by atoms with E-state index in [1.165, 1.54) is 65.3 Å². The van der Waals surface area contributed by atoms with Gasteiger partial charge in [-0.1, -0.05) is 218 Å². The monoisotopic (exact) mass is 1150 g/mol. The quantitative estimate of drug-likeness (QED) is 0.121. The lowest BCUT2D eigenvalue weighted by molar-refractivity contribution is 1.13. The summed E-state index contributed by atoms with van der Waals surface area (Å²) < 4.78 is 4.93. The van der Waals surface area contributed by atoms with Gasteiger partial charge in [-0.15, -0.1) is 0 Å². The summed E-state index contributed by atoms with van der Waals surface area (Å²) in [6.45, 7) is 0. The van der Waals surface area contributed by atoms with Gasteiger partial charge in [-0.3, -0.25) is 0 Å². The molecule has 0 aliphatic carbocycles. The molecule has 0 spiro atoms. The second-order valence-corrected chi connectivity index (χ2v) is 23.4. The van der Waals surface area contributed by atoms with Crippen LogP contribution < -0.4 is 9.80 Å². The van der Waals surface area contributed by atoms with Crippen molar-refractivity contribution in [2.45, 2.75) is 0 Å². The first-order chi connectivity index (χ1) is 44.6. The molecule has 0 saturated heterocycles. The van der Waals surface area contributed by atoms with Crippen molar-refractivity contribution in [3.63, 3.8) is 0 Å². The lowest BCUT2D eigenvalue weighted by Gasteiger charge is -2.26. The number of rotatable bonds is 12. The van der Waals surface area contributed by atoms with Gasteiger partial charge in [0.05, 0.1) is 22.4 Å². The molecular formula is C86H58N4. The summed E-state index contributed by atoms with van der Waals surface area (Å²) in [6.07, 6.45) is 0. The SMILES string of the molecule is c1ccc(-c2ccc(N(c3ccc(-n4c(-c5ccc6ccccc6c5)cc5cc6c(cc(-c7ccc8ccccc8c7)n6-c6ccc(N(c7ccc(-c8ccccc8)cc7)c7ccc8ccccc8c7)cc6)cc54)cc3)c3ccc4ccccc4c3)cc2)cc1. The van der Waals surface area contributed by atoms with Crippen LogP contribution in [0, 0.1) is 0 Å². The van der Waals surface area contributed by atoms with Crippen LogP contribution in [0.15, 0.2) is 352 Å². The summed E-state index contributed by atoms with van der Waals surface area (Å²) in [7, 11) is 0. The predicted molar refractivity (Wildman–Crippen MR) is 381 cm³/mol. The second kappa shape index (κ2) is 22.1. The highest BCUT2D eigenvalue weighted by atomic mass is 15.1. The Morgan fingerprint density at radius 1 is 0.167 bits per heavy atom. The summed E-state index contributed by atoms with van der Waals surface area (Å²) in [5, 5.41) is 11.9. The van der Waals surface area contributed by atoms with E-state index in [9.17, 15) is 0 Å². The Balaban J connectivity index is 0.822. The molecular weight excluding hydrogens is 1090 g/mol. The van der Waals surface area contributed by atoms with Gasteiger partial charge in [0.1, 0.15) is 0 Å². The van der Waals surface area contributed by atoms with Crippen LogP contribution in [0.2, 0.25) is 0 Å². The minimum absolute atomic E-state index is 1.07. The lowest BCUT2D eigenvalue weighted by Crippen LogP contribution is -2.10. The van der Waals surface area contributed by atoms with E-state index in [2.05, 4.69) is 371 Å². The zero-order valence-corrected chi connectivity index (χ0v) is 49.3. The predicted octanol–water partition coefficient (Wildman–Crippen LogP) is 23.8. The van der Waals surface area contributed by atoms with Crippen molar-refractivity contribution in [2.24, 2.45) is 0 Å². The maximum atomic E-state index is 2.47. The van der Waals surface area contributed by atoms with Gasteiger partial charge in [0.2, 0.25) is 0 Å². The van der Waals surface area contributed by atoms with Crippen molar-refractivity contribution in [1.29, 1.82) is 0 Å². The number of hydrogen-bond donors (Lipinski definition) is 0. The van der Waals surface area contributed by atoms with Crippen molar-refractivity contribution in [1.82, 2.24) is 9.13 Å². The fraction of sp³-hybridized carbons (Fsp3) is 0. The Bertz CT molecular complexity index is 5160. The molecule has 0 atom stereocenters. The number of anilines is 6. The van der Waals surface area contributed by atoms with E-state index in [1.807, 2.05) is 0 Å². The number of nitrogens with zero attached hydrogens (tertiary/aromatic N) is 4. The fourth-order valence-corrected chi connectivity index (χ4v) is 13.5. The first-order valence-corrected chi connectivity index (χ1v) is 30.9. The van der Waals surface area contributed by atoms with Gasteiger partial charge in [-0.2, -0.15) is 0 Å². The third-order valence-electron chi connectivity index (χ3n) is 18.0. The molecule has 2 aromatic heterocycles. The number of hydrogen-bond acceptors (Lipinski definition) is 2. The molecule has 0 N–H and O–H groups in total. The zero-order valence-electron chi connectivity index (χ0n) is 49.3. The van der Waals surface area contributed by atoms with Crippen molar-refractivity contribution in [3.05, 3.63) is 352 Å². The highest BCUT2D eigenvalue weighted by Crippen LogP contribution is 2.44. The third kappa shape index (κ3) is 9.52. The van der Waals surface area contributed by atoms with Gasteiger partial charge in [0.25, 0.3) is 0 Å². The number of aromatic nitrogens is 2. The van der Waals surface area contributed by atoms with E-state index >= 15 is 0 Å². The van der Waals surface area contributed by atoms with E-state index in [-0.39, 0.29) is 0 Å². The molecule has 0 aliphatic heterocycles. The molecule has 4 nitrogen and oxygen atoms in total. The van der Waals surface area contributed by atoms with Gasteiger partial charge >= 0.3 is 0 Å². The third-order valence-corrected chi connectivity index (χ3v) is 18.0. The van der Waals surface area contributed by atoms with Crippen LogP contribution in [0.3, 0.4) is 0 Å². The molecule has 0 aliphatic rings. The second-order valence-electron chi connectivity index (χ2n) is 23.4. The molecule has 0 saturated carbocycles. The van der Waals surface area contributed by atoms with Gasteiger partial charge in [-0.05, 0) is 210 Å². The average Bonchev–Trinajstić information content (AvgIpc) is 1.70. The van der Waals surface area contributed by atoms with Crippen molar-refractivity contribution >= 4 is 99.0 Å². The van der Waals surface area contributed by atoms with E-state index < -0.39 is 0 Å². The molecule has 2 heterocycles. The maximum absolute atomic E-state index is 2.47. The van der Waals surface area contributed by atoms with Crippen molar-refractivity contribution in [2.75, 3.05) is 9.80 Å². The van der Waals surface area contributed by atoms with Crippen LogP contribution in [0.5, 0.6) is 0 Å². The van der Waals surface area contributed by atoms with E-state index in [1.54, 1.807) is 0 Å². The first kappa shape index (κ1) is 52.4. The van der Waals surface area contributed by atoms with E-state index in [4.69, 9.17) is 0 Å². The van der Waals surface area contributed by atoms with E-state index in [0.29, 0.717) is 0 Å². The fourth-order valence-electron chi connectivity index (χ4n) is 13.5. The molecule has 0 fully saturated rings. The number of fused-ring (bicyclic) bond motifs is 6. The first-order valence-electron chi connectivity index (χ1n) is 30.9. The van der Waals surface area contributed by atoms with Gasteiger partial charge < -0.3 is 18.9 Å². The van der Waals surface area contributed by atoms with E-state index in [0.717, 1.165) is 89.8 Å². The highest BCUT2D eigenvalue weighted by molar-refractivity contribution is 6.04. The molecule has 17 rings (SSSR count). The van der Waals surface area contributed by atoms with Crippen molar-refractivity contribution < 1.29 is 0 Å². The average molecular weight is 1150 g/mol. The van der Waals surface area contributed by atoms with Crippen LogP contribution in [-0.4, -0.2) is 9.13 Å². The van der Waals surface area contributed by atoms with Gasteiger partial charge in [0, 0.05) is 56.3 Å². The molecule has 0 radical (unpaired) electrons. The number of benzene rings is 15. The summed E-state index contributed by atoms with van der Waals surface area (Å²) in [6, 6.07) is 129. The molecule has 90 heavy (non-hydrogen) atoms. The summed E-state index contributed by atoms with van der Waals surface area (Å²) in [4.78, 5) is 4.75. The molecule has 4 heteroatoms. The Morgan fingerprint density at radius 3 is 0.789 bits per heavy atom. The summed E-state index contributed by atoms with van der Waals surface area (Å²) >= 11 is 0. The van der Waals surface area contributed by atoms with Crippen LogP contribution in [0.4, 0.5) is 34.1 Å². The molecule has 0 unspecified atom stereocenters. The molecule has 15 aromatic carbocycles. The summed E-state index contributed by atoms with van der Waals surface area (Å²) in [5.74, 6) is 0. The molecule has 422 valence electrons. The molecule has 0 amide bonds. The standard InChI is InChI=1S/C86H58N4/c1-3-15-59(16-4-1)65-31-37-75(38-32-65)87(81-41-35-63-21-9-13-25-69(63)53-81)77-43-47-79(48-44-77)89-83(71-29-27-61-19-7-11-23-67(61)51-71)55-73-58-86-74(57-85(73)89)56-84(72-30-28-62-20-8-12-24-68(62)52-72)90(86)80-49-45-78(46-50-80)88(82-42-36-64-22-10-14-26-70(64)54-82)76-39-33-66(34-40-76)60-17-5-2-6-18-60/h1-58H. The topological polar surface area (TPSA) is 16.3 Å². The van der Waals surface area contributed by atoms with Crippen LogP contribution in [0.25, 0.3) is 121 Å². The Hall–Kier alpha value is -12.0. The Kier molecular flexibility index (Phi) is 12.8. The largest absolute Gasteiger partial charge is 0.310 e. The lowest BCUT2D eigenvalue weighted by atomic mass is 10.0. The van der Waals surface area contributed by atoms with Crippen LogP contribution in [0.1, 0.15) is 0 Å². The normalized spacial score (nSPS) is 11.6. The highest BCUT2D eigenvalue weighted by Gasteiger charge is 2.22. The zero-order chi connectivity index (χ0) is 59.5. The van der Waals surface area contributed by atoms with Gasteiger partial charge in [0.15, 0.2) is 0 Å². The minimum Gasteiger partial charge on any atom is -0.310 e. The van der Waals surface area contributed by atoms with Gasteiger partial charge in [-0.25, -0.2) is 0 Å². The molecule has 0 bridgehead atoms. The van der Waals surface area contributed by atoms with Crippen LogP contribution in [-0.2, 0) is 0 Å². The van der Waals surface area contributed by atoms with Crippen LogP contribution >= 0.6 is 0 Å². The smallest absolute Gasteiger partial charge is 0.0542 e. The summed E-state index contributed by atoms with van der Waals surface area (Å²) in [5.41, 5.74) is 20.2. The Labute approximate surface area is 522 Å². The minimum atomic E-state index is 1.07. The maximum Gasteiger partial charge on any atom is 0.0542 e. The molecule has 17 aromatic rings.